The Labute approximate surface area is 149 Å². The summed E-state index contributed by atoms with van der Waals surface area (Å²) in [5, 5.41) is 9.78. The third-order valence-corrected chi connectivity index (χ3v) is 4.08. The number of aromatic nitrogens is 2. The van der Waals surface area contributed by atoms with Crippen LogP contribution in [-0.2, 0) is 4.79 Å². The number of amides is 2. The second kappa shape index (κ2) is 6.36. The predicted octanol–water partition coefficient (Wildman–Crippen LogP) is 2.76. The molecule has 1 aliphatic heterocycles. The van der Waals surface area contributed by atoms with Crippen LogP contribution in [0, 0.1) is 6.92 Å². The Kier molecular flexibility index (Phi) is 3.89. The smallest absolute Gasteiger partial charge is 0.262 e. The second-order valence-corrected chi connectivity index (χ2v) is 5.93. The maximum absolute atomic E-state index is 12.5. The molecule has 0 spiro atoms. The van der Waals surface area contributed by atoms with E-state index in [1.54, 1.807) is 41.2 Å². The standard InChI is InChI=1S/C19H16N4O3/c1-12-8-9-20-23(12)15-5-2-13(3-6-15)19(25)21-14-4-7-17-16(10-14)22-18(24)11-26-17/h2-10H,11H2,1H3,(H,21,25)(H,22,24). The van der Waals surface area contributed by atoms with Gasteiger partial charge in [0.1, 0.15) is 5.75 Å². The number of anilines is 2. The van der Waals surface area contributed by atoms with E-state index in [2.05, 4.69) is 15.7 Å². The molecule has 26 heavy (non-hydrogen) atoms. The number of carbonyl (C=O) groups excluding carboxylic acids is 2. The number of benzene rings is 2. The van der Waals surface area contributed by atoms with Crippen LogP contribution in [0.1, 0.15) is 16.1 Å². The molecule has 0 unspecified atom stereocenters. The van der Waals surface area contributed by atoms with Crippen LogP contribution in [0.4, 0.5) is 11.4 Å². The SMILES string of the molecule is Cc1ccnn1-c1ccc(C(=O)Nc2ccc3c(c2)NC(=O)CO3)cc1. The van der Waals surface area contributed by atoms with Crippen LogP contribution in [-0.4, -0.2) is 28.2 Å². The summed E-state index contributed by atoms with van der Waals surface area (Å²) < 4.78 is 7.10. The molecule has 7 nitrogen and oxygen atoms in total. The van der Waals surface area contributed by atoms with Gasteiger partial charge in [0.05, 0.1) is 11.4 Å². The number of fused-ring (bicyclic) bond motifs is 1. The van der Waals surface area contributed by atoms with E-state index in [0.717, 1.165) is 11.4 Å². The van der Waals surface area contributed by atoms with Crippen molar-refractivity contribution in [3.63, 3.8) is 0 Å². The molecule has 2 amide bonds. The van der Waals surface area contributed by atoms with Crippen LogP contribution in [0.15, 0.2) is 54.7 Å². The first-order valence-electron chi connectivity index (χ1n) is 8.09. The van der Waals surface area contributed by atoms with E-state index in [1.807, 2.05) is 25.1 Å². The van der Waals surface area contributed by atoms with Crippen molar-refractivity contribution in [2.75, 3.05) is 17.2 Å². The largest absolute Gasteiger partial charge is 0.482 e. The van der Waals surface area contributed by atoms with Gasteiger partial charge in [-0.25, -0.2) is 4.68 Å². The van der Waals surface area contributed by atoms with Gasteiger partial charge in [-0.05, 0) is 55.5 Å². The fourth-order valence-electron chi connectivity index (χ4n) is 2.76. The first-order chi connectivity index (χ1) is 12.6. The van der Waals surface area contributed by atoms with Gasteiger partial charge in [0.2, 0.25) is 0 Å². The summed E-state index contributed by atoms with van der Waals surface area (Å²) in [6.45, 7) is 1.97. The zero-order valence-corrected chi connectivity index (χ0v) is 14.0. The molecular formula is C19H16N4O3. The zero-order chi connectivity index (χ0) is 18.1. The fraction of sp³-hybridized carbons (Fsp3) is 0.105. The maximum atomic E-state index is 12.5. The van der Waals surface area contributed by atoms with E-state index in [1.165, 1.54) is 0 Å². The summed E-state index contributed by atoms with van der Waals surface area (Å²) in [5.41, 5.74) is 3.55. The van der Waals surface area contributed by atoms with E-state index in [4.69, 9.17) is 4.74 Å². The van der Waals surface area contributed by atoms with Gasteiger partial charge < -0.3 is 15.4 Å². The number of nitrogens with one attached hydrogen (secondary N) is 2. The monoisotopic (exact) mass is 348 g/mol. The van der Waals surface area contributed by atoms with Crippen molar-refractivity contribution in [1.29, 1.82) is 0 Å². The molecule has 3 aromatic rings. The molecule has 0 saturated carbocycles. The summed E-state index contributed by atoms with van der Waals surface area (Å²) in [7, 11) is 0. The molecule has 0 bridgehead atoms. The molecule has 1 aliphatic rings. The highest BCUT2D eigenvalue weighted by molar-refractivity contribution is 6.05. The van der Waals surface area contributed by atoms with Crippen LogP contribution in [0.5, 0.6) is 5.75 Å². The Balaban J connectivity index is 1.51. The Morgan fingerprint density at radius 2 is 2.00 bits per heavy atom. The number of rotatable bonds is 3. The van der Waals surface area contributed by atoms with Crippen molar-refractivity contribution in [3.8, 4) is 11.4 Å². The van der Waals surface area contributed by atoms with Crippen LogP contribution < -0.4 is 15.4 Å². The van der Waals surface area contributed by atoms with Gasteiger partial charge in [-0.2, -0.15) is 5.10 Å². The first-order valence-corrected chi connectivity index (χ1v) is 8.09. The van der Waals surface area contributed by atoms with Crippen molar-refractivity contribution in [2.24, 2.45) is 0 Å². The van der Waals surface area contributed by atoms with Crippen molar-refractivity contribution >= 4 is 23.2 Å². The number of aryl methyl sites for hydroxylation is 1. The van der Waals surface area contributed by atoms with Gasteiger partial charge in [0.25, 0.3) is 11.8 Å². The van der Waals surface area contributed by atoms with E-state index >= 15 is 0 Å². The summed E-state index contributed by atoms with van der Waals surface area (Å²) in [5.74, 6) is 0.128. The zero-order valence-electron chi connectivity index (χ0n) is 14.0. The number of nitrogens with zero attached hydrogens (tertiary/aromatic N) is 2. The maximum Gasteiger partial charge on any atom is 0.262 e. The first kappa shape index (κ1) is 15.9. The van der Waals surface area contributed by atoms with Crippen molar-refractivity contribution < 1.29 is 14.3 Å². The van der Waals surface area contributed by atoms with E-state index in [-0.39, 0.29) is 18.4 Å². The van der Waals surface area contributed by atoms with Crippen LogP contribution in [0.3, 0.4) is 0 Å². The van der Waals surface area contributed by atoms with Gasteiger partial charge in [0.15, 0.2) is 6.61 Å². The molecule has 130 valence electrons. The molecule has 0 aliphatic carbocycles. The lowest BCUT2D eigenvalue weighted by molar-refractivity contribution is -0.118. The highest BCUT2D eigenvalue weighted by Gasteiger charge is 2.16. The average molecular weight is 348 g/mol. The van der Waals surface area contributed by atoms with Crippen LogP contribution in [0.2, 0.25) is 0 Å². The lowest BCUT2D eigenvalue weighted by Gasteiger charge is -2.18. The average Bonchev–Trinajstić information content (AvgIpc) is 3.07. The number of hydrogen-bond donors (Lipinski definition) is 2. The Morgan fingerprint density at radius 1 is 1.19 bits per heavy atom. The summed E-state index contributed by atoms with van der Waals surface area (Å²) in [6.07, 6.45) is 1.73. The van der Waals surface area contributed by atoms with Gasteiger partial charge in [-0.3, -0.25) is 9.59 Å². The fourth-order valence-corrected chi connectivity index (χ4v) is 2.76. The highest BCUT2D eigenvalue weighted by atomic mass is 16.5. The molecular weight excluding hydrogens is 332 g/mol. The molecule has 7 heteroatoms. The Morgan fingerprint density at radius 3 is 2.73 bits per heavy atom. The summed E-state index contributed by atoms with van der Waals surface area (Å²) >= 11 is 0. The quantitative estimate of drug-likeness (QED) is 0.762. The molecule has 2 aromatic carbocycles. The van der Waals surface area contributed by atoms with E-state index in [9.17, 15) is 9.59 Å². The summed E-state index contributed by atoms with van der Waals surface area (Å²) in [6, 6.07) is 14.2. The second-order valence-electron chi connectivity index (χ2n) is 5.93. The lowest BCUT2D eigenvalue weighted by Crippen LogP contribution is -2.25. The topological polar surface area (TPSA) is 85.3 Å². The van der Waals surface area contributed by atoms with E-state index in [0.29, 0.717) is 22.7 Å². The molecule has 2 N–H and O–H groups in total. The van der Waals surface area contributed by atoms with Gasteiger partial charge in [-0.15, -0.1) is 0 Å². The number of ether oxygens (including phenoxy) is 1. The lowest BCUT2D eigenvalue weighted by atomic mass is 10.1. The minimum atomic E-state index is -0.239. The molecule has 0 radical (unpaired) electrons. The Bertz CT molecular complexity index is 992. The van der Waals surface area contributed by atoms with Crippen LogP contribution in [0.25, 0.3) is 5.69 Å². The molecule has 4 rings (SSSR count). The van der Waals surface area contributed by atoms with Gasteiger partial charge >= 0.3 is 0 Å². The molecule has 0 saturated heterocycles. The van der Waals surface area contributed by atoms with E-state index < -0.39 is 0 Å². The van der Waals surface area contributed by atoms with Crippen molar-refractivity contribution in [1.82, 2.24) is 9.78 Å². The predicted molar refractivity (Wildman–Crippen MR) is 96.8 cm³/mol. The van der Waals surface area contributed by atoms with Crippen LogP contribution >= 0.6 is 0 Å². The molecule has 0 atom stereocenters. The van der Waals surface area contributed by atoms with Crippen molar-refractivity contribution in [2.45, 2.75) is 6.92 Å². The number of carbonyl (C=O) groups is 2. The normalized spacial score (nSPS) is 12.7. The molecule has 1 aromatic heterocycles. The number of hydrogen-bond acceptors (Lipinski definition) is 4. The van der Waals surface area contributed by atoms with Gasteiger partial charge in [-0.1, -0.05) is 0 Å². The molecule has 0 fully saturated rings. The minimum absolute atomic E-state index is 0.000775. The minimum Gasteiger partial charge on any atom is -0.482 e. The van der Waals surface area contributed by atoms with Crippen molar-refractivity contribution in [3.05, 3.63) is 66.0 Å². The highest BCUT2D eigenvalue weighted by Crippen LogP contribution is 2.30. The molecule has 2 heterocycles. The summed E-state index contributed by atoms with van der Waals surface area (Å²) in [4.78, 5) is 23.9. The Hall–Kier alpha value is -3.61. The third kappa shape index (κ3) is 3.02. The van der Waals surface area contributed by atoms with Gasteiger partial charge in [0, 0.05) is 23.1 Å². The third-order valence-electron chi connectivity index (χ3n) is 4.08.